The lowest BCUT2D eigenvalue weighted by molar-refractivity contribution is 0.0692. The van der Waals surface area contributed by atoms with Crippen molar-refractivity contribution in [1.29, 1.82) is 0 Å². The van der Waals surface area contributed by atoms with E-state index >= 15 is 0 Å². The van der Waals surface area contributed by atoms with Crippen LogP contribution in [0.1, 0.15) is 32.6 Å². The van der Waals surface area contributed by atoms with E-state index < -0.39 is 5.97 Å². The number of hydrogen-bond acceptors (Lipinski definition) is 6. The van der Waals surface area contributed by atoms with Crippen LogP contribution in [0.4, 0.5) is 0 Å². The predicted octanol–water partition coefficient (Wildman–Crippen LogP) is 6.18. The van der Waals surface area contributed by atoms with Gasteiger partial charge in [-0.1, -0.05) is 24.3 Å². The fourth-order valence-corrected chi connectivity index (χ4v) is 4.26. The second-order valence-electron chi connectivity index (χ2n) is 8.92. The van der Waals surface area contributed by atoms with Crippen LogP contribution in [0.2, 0.25) is 0 Å². The Morgan fingerprint density at radius 1 is 0.632 bits per heavy atom. The van der Waals surface area contributed by atoms with Gasteiger partial charge in [-0.05, 0) is 90.4 Å². The number of ether oxygens (including phenoxy) is 3. The molecule has 38 heavy (non-hydrogen) atoms. The molecule has 0 aliphatic carbocycles. The monoisotopic (exact) mass is 514 g/mol. The number of aromatic hydroxyl groups is 2. The molecule has 0 fully saturated rings. The number of rotatable bonds is 11. The zero-order valence-corrected chi connectivity index (χ0v) is 21.3. The minimum absolute atomic E-state index is 0.106. The first-order valence-electron chi connectivity index (χ1n) is 12.2. The van der Waals surface area contributed by atoms with Crippen LogP contribution in [-0.4, -0.2) is 35.5 Å². The van der Waals surface area contributed by atoms with Crippen molar-refractivity contribution in [2.45, 2.75) is 25.7 Å². The van der Waals surface area contributed by atoms with Gasteiger partial charge in [0.25, 0.3) is 0 Å². The number of hydrogen-bond donors (Lipinski definition) is 3. The highest BCUT2D eigenvalue weighted by Crippen LogP contribution is 2.31. The zero-order chi connectivity index (χ0) is 27.1. The number of aryl methyl sites for hydroxylation is 4. The topological polar surface area (TPSA) is 105 Å². The van der Waals surface area contributed by atoms with Gasteiger partial charge in [-0.3, -0.25) is 0 Å². The Morgan fingerprint density at radius 2 is 1.18 bits per heavy atom. The maximum absolute atomic E-state index is 11.6. The molecule has 7 nitrogen and oxygen atoms in total. The Labute approximate surface area is 221 Å². The smallest absolute Gasteiger partial charge is 0.339 e. The lowest BCUT2D eigenvalue weighted by atomic mass is 9.98. The Bertz CT molecular complexity index is 1390. The molecule has 0 radical (unpaired) electrons. The number of aromatic carboxylic acids is 1. The second kappa shape index (κ2) is 12.1. The van der Waals surface area contributed by atoms with Crippen LogP contribution in [0, 0.1) is 0 Å². The molecule has 3 N–H and O–H groups in total. The molecule has 0 aliphatic heterocycles. The molecule has 0 bridgehead atoms. The van der Waals surface area contributed by atoms with Gasteiger partial charge < -0.3 is 29.5 Å². The van der Waals surface area contributed by atoms with Crippen LogP contribution < -0.4 is 14.2 Å². The van der Waals surface area contributed by atoms with Gasteiger partial charge in [0.1, 0.15) is 40.1 Å². The molecule has 0 heterocycles. The third-order valence-electron chi connectivity index (χ3n) is 6.28. The van der Waals surface area contributed by atoms with Gasteiger partial charge in [-0.25, -0.2) is 4.79 Å². The van der Waals surface area contributed by atoms with Crippen molar-refractivity contribution < 1.29 is 34.3 Å². The van der Waals surface area contributed by atoms with Crippen molar-refractivity contribution in [3.63, 3.8) is 0 Å². The van der Waals surface area contributed by atoms with Crippen LogP contribution >= 0.6 is 0 Å². The summed E-state index contributed by atoms with van der Waals surface area (Å²) >= 11 is 0. The van der Waals surface area contributed by atoms with Crippen LogP contribution in [-0.2, 0) is 25.7 Å². The summed E-state index contributed by atoms with van der Waals surface area (Å²) < 4.78 is 16.7. The highest BCUT2D eigenvalue weighted by molar-refractivity contribution is 5.93. The third-order valence-corrected chi connectivity index (χ3v) is 6.28. The Kier molecular flexibility index (Phi) is 8.38. The molecule has 0 saturated heterocycles. The molecule has 0 saturated carbocycles. The zero-order valence-electron chi connectivity index (χ0n) is 21.3. The van der Waals surface area contributed by atoms with E-state index in [9.17, 15) is 20.1 Å². The van der Waals surface area contributed by atoms with E-state index in [1.165, 1.54) is 13.2 Å². The van der Waals surface area contributed by atoms with Gasteiger partial charge in [0, 0.05) is 12.1 Å². The molecule has 7 heteroatoms. The molecule has 4 aromatic rings. The SMILES string of the molecule is COc1cc(CCc2ccc(O)cc2)cc(Oc2ccc(CCc3cc(OC)cc(O)c3C(=O)O)cc2)c1. The van der Waals surface area contributed by atoms with Crippen LogP contribution in [0.25, 0.3) is 0 Å². The van der Waals surface area contributed by atoms with Crippen molar-refractivity contribution in [3.05, 3.63) is 107 Å². The summed E-state index contributed by atoms with van der Waals surface area (Å²) in [5, 5.41) is 29.1. The van der Waals surface area contributed by atoms with Crippen LogP contribution in [0.15, 0.2) is 78.9 Å². The quantitative estimate of drug-likeness (QED) is 0.220. The van der Waals surface area contributed by atoms with E-state index in [1.807, 2.05) is 54.6 Å². The molecule has 0 spiro atoms. The molecule has 0 aromatic heterocycles. The van der Waals surface area contributed by atoms with Crippen molar-refractivity contribution in [2.75, 3.05) is 14.2 Å². The molecular formula is C31H30O7. The predicted molar refractivity (Wildman–Crippen MR) is 144 cm³/mol. The molecule has 0 amide bonds. The maximum atomic E-state index is 11.6. The van der Waals surface area contributed by atoms with E-state index in [0.29, 0.717) is 41.4 Å². The molecule has 0 atom stereocenters. The first-order chi connectivity index (χ1) is 18.3. The summed E-state index contributed by atoms with van der Waals surface area (Å²) in [6.45, 7) is 0. The Morgan fingerprint density at radius 3 is 1.82 bits per heavy atom. The van der Waals surface area contributed by atoms with Gasteiger partial charge in [-0.2, -0.15) is 0 Å². The number of carboxylic acids is 1. The number of phenols is 2. The highest BCUT2D eigenvalue weighted by Gasteiger charge is 2.17. The number of carboxylic acid groups (broad SMARTS) is 1. The lowest BCUT2D eigenvalue weighted by Crippen LogP contribution is -2.05. The fourth-order valence-electron chi connectivity index (χ4n) is 4.26. The molecule has 4 aromatic carbocycles. The molecule has 196 valence electrons. The average Bonchev–Trinajstić information content (AvgIpc) is 2.91. The van der Waals surface area contributed by atoms with Gasteiger partial charge >= 0.3 is 5.97 Å². The minimum Gasteiger partial charge on any atom is -0.508 e. The highest BCUT2D eigenvalue weighted by atomic mass is 16.5. The summed E-state index contributed by atoms with van der Waals surface area (Å²) in [6.07, 6.45) is 2.60. The Hall–Kier alpha value is -4.65. The average molecular weight is 515 g/mol. The minimum atomic E-state index is -1.18. The summed E-state index contributed by atoms with van der Waals surface area (Å²) in [5.41, 5.74) is 3.59. The van der Waals surface area contributed by atoms with Crippen LogP contribution in [0.3, 0.4) is 0 Å². The van der Waals surface area contributed by atoms with Crippen LogP contribution in [0.5, 0.6) is 34.5 Å². The van der Waals surface area contributed by atoms with E-state index in [1.54, 1.807) is 25.3 Å². The third kappa shape index (κ3) is 6.76. The number of carbonyl (C=O) groups is 1. The van der Waals surface area contributed by atoms with E-state index in [2.05, 4.69) is 0 Å². The maximum Gasteiger partial charge on any atom is 0.339 e. The van der Waals surface area contributed by atoms with Gasteiger partial charge in [0.2, 0.25) is 0 Å². The number of methoxy groups -OCH3 is 2. The summed E-state index contributed by atoms with van der Waals surface area (Å²) in [4.78, 5) is 11.6. The molecule has 0 aliphatic rings. The van der Waals surface area contributed by atoms with Crippen molar-refractivity contribution in [2.24, 2.45) is 0 Å². The van der Waals surface area contributed by atoms with Crippen molar-refractivity contribution in [3.8, 4) is 34.5 Å². The summed E-state index contributed by atoms with van der Waals surface area (Å²) in [5.74, 6) is 1.21. The largest absolute Gasteiger partial charge is 0.508 e. The second-order valence-corrected chi connectivity index (χ2v) is 8.92. The van der Waals surface area contributed by atoms with Gasteiger partial charge in [0.05, 0.1) is 14.2 Å². The van der Waals surface area contributed by atoms with Gasteiger partial charge in [0.15, 0.2) is 0 Å². The van der Waals surface area contributed by atoms with Crippen molar-refractivity contribution in [1.82, 2.24) is 0 Å². The molecule has 4 rings (SSSR count). The first-order valence-corrected chi connectivity index (χ1v) is 12.2. The summed E-state index contributed by atoms with van der Waals surface area (Å²) in [6, 6.07) is 23.5. The molecule has 0 unspecified atom stereocenters. The van der Waals surface area contributed by atoms with Crippen molar-refractivity contribution >= 4 is 5.97 Å². The number of benzene rings is 4. The van der Waals surface area contributed by atoms with E-state index in [4.69, 9.17) is 14.2 Å². The van der Waals surface area contributed by atoms with Gasteiger partial charge in [-0.15, -0.1) is 0 Å². The Balaban J connectivity index is 1.42. The van der Waals surface area contributed by atoms with E-state index in [-0.39, 0.29) is 17.1 Å². The fraction of sp³-hybridized carbons (Fsp3) is 0.194. The molecular weight excluding hydrogens is 484 g/mol. The standard InChI is InChI=1S/C31H30O7/c1-36-26-15-22(4-3-20-6-11-24(32)12-7-20)16-28(18-26)38-25-13-8-21(9-14-25)5-10-23-17-27(37-2)19-29(33)30(23)31(34)35/h6-9,11-19,32-33H,3-5,10H2,1-2H3,(H,34,35). The number of phenolic OH excluding ortho intramolecular Hbond substituents is 1. The van der Waals surface area contributed by atoms with E-state index in [0.717, 1.165) is 29.5 Å². The summed E-state index contributed by atoms with van der Waals surface area (Å²) in [7, 11) is 3.09. The lowest BCUT2D eigenvalue weighted by Gasteiger charge is -2.12. The first kappa shape index (κ1) is 26.4. The normalized spacial score (nSPS) is 10.7.